The van der Waals surface area contributed by atoms with Gasteiger partial charge in [0.15, 0.2) is 0 Å². The van der Waals surface area contributed by atoms with E-state index in [9.17, 15) is 18.4 Å². The highest BCUT2D eigenvalue weighted by molar-refractivity contribution is 9.10. The third-order valence-electron chi connectivity index (χ3n) is 4.49. The number of likely N-dealkylation sites (tertiary alicyclic amines) is 1. The number of halogens is 5. The molecule has 138 valence electrons. The molecule has 1 aliphatic heterocycles. The molecule has 2 aromatic rings. The minimum absolute atomic E-state index is 0.0170. The number of rotatable bonds is 3. The normalized spacial score (nSPS) is 15.8. The van der Waals surface area contributed by atoms with Crippen LogP contribution in [0.15, 0.2) is 28.7 Å². The zero-order chi connectivity index (χ0) is 18.9. The van der Waals surface area contributed by atoms with Crippen LogP contribution in [-0.2, 0) is 12.8 Å². The summed E-state index contributed by atoms with van der Waals surface area (Å²) in [6.45, 7) is 1.58. The Bertz CT molecular complexity index is 831. The molecular weight excluding hydrogens is 431 g/mol. The first-order valence-corrected chi connectivity index (χ1v) is 9.37. The molecule has 0 unspecified atom stereocenters. The van der Waals surface area contributed by atoms with Crippen molar-refractivity contribution < 1.29 is 13.2 Å². The van der Waals surface area contributed by atoms with E-state index in [1.165, 1.54) is 4.57 Å². The van der Waals surface area contributed by atoms with Crippen molar-refractivity contribution in [2.24, 2.45) is 0 Å². The van der Waals surface area contributed by atoms with Gasteiger partial charge >= 0.3 is 6.18 Å². The number of aromatic nitrogens is 1. The number of nitriles is 1. The van der Waals surface area contributed by atoms with Crippen LogP contribution in [0.2, 0.25) is 5.02 Å². The number of piperidine rings is 1. The SMILES string of the molecule is N#Cc1c(Br)c(C(F)(F)F)n(CN2CCCCC2)c1-c1ccc(Cl)cc1. The molecule has 3 rings (SSSR count). The highest BCUT2D eigenvalue weighted by Crippen LogP contribution is 2.43. The Morgan fingerprint density at radius 2 is 1.73 bits per heavy atom. The van der Waals surface area contributed by atoms with Crippen LogP contribution in [0, 0.1) is 11.3 Å². The van der Waals surface area contributed by atoms with Gasteiger partial charge in [-0.15, -0.1) is 0 Å². The predicted molar refractivity (Wildman–Crippen MR) is 97.7 cm³/mol. The van der Waals surface area contributed by atoms with Crippen LogP contribution in [-0.4, -0.2) is 22.6 Å². The molecule has 0 amide bonds. The molecule has 2 heterocycles. The summed E-state index contributed by atoms with van der Waals surface area (Å²) in [5, 5.41) is 10.0. The lowest BCUT2D eigenvalue weighted by Crippen LogP contribution is -2.33. The minimum atomic E-state index is -4.58. The number of benzene rings is 1. The fourth-order valence-corrected chi connectivity index (χ4v) is 4.16. The summed E-state index contributed by atoms with van der Waals surface area (Å²) >= 11 is 8.93. The lowest BCUT2D eigenvalue weighted by Gasteiger charge is -2.29. The smallest absolute Gasteiger partial charge is 0.321 e. The molecule has 1 fully saturated rings. The van der Waals surface area contributed by atoms with Gasteiger partial charge in [0.05, 0.1) is 22.4 Å². The first-order valence-electron chi connectivity index (χ1n) is 8.20. The molecule has 0 N–H and O–H groups in total. The van der Waals surface area contributed by atoms with E-state index in [1.54, 1.807) is 24.3 Å². The van der Waals surface area contributed by atoms with E-state index in [4.69, 9.17) is 11.6 Å². The summed E-state index contributed by atoms with van der Waals surface area (Å²) in [4.78, 5) is 1.99. The maximum Gasteiger partial charge on any atom is 0.432 e. The molecule has 0 radical (unpaired) electrons. The fraction of sp³-hybridized carbons (Fsp3) is 0.389. The maximum absolute atomic E-state index is 13.8. The predicted octanol–water partition coefficient (Wildman–Crippen LogP) is 5.90. The molecule has 0 aliphatic carbocycles. The van der Waals surface area contributed by atoms with Gasteiger partial charge in [0.1, 0.15) is 11.8 Å². The summed E-state index contributed by atoms with van der Waals surface area (Å²) in [5.74, 6) is 0. The number of nitrogens with zero attached hydrogens (tertiary/aromatic N) is 3. The van der Waals surface area contributed by atoms with Gasteiger partial charge in [-0.05, 0) is 59.6 Å². The Morgan fingerprint density at radius 1 is 1.12 bits per heavy atom. The van der Waals surface area contributed by atoms with Crippen molar-refractivity contribution in [1.82, 2.24) is 9.47 Å². The molecule has 8 heteroatoms. The van der Waals surface area contributed by atoms with E-state index in [0.717, 1.165) is 32.4 Å². The topological polar surface area (TPSA) is 32.0 Å². The standard InChI is InChI=1S/C18H16BrClF3N3/c19-15-14(10-24)16(12-4-6-13(20)7-5-12)26(17(15)18(21,22)23)11-25-8-2-1-3-9-25/h4-7H,1-3,8-9,11H2. The largest absolute Gasteiger partial charge is 0.432 e. The second-order valence-electron chi connectivity index (χ2n) is 6.25. The number of hydrogen-bond donors (Lipinski definition) is 0. The van der Waals surface area contributed by atoms with E-state index in [2.05, 4.69) is 15.9 Å². The van der Waals surface area contributed by atoms with E-state index in [-0.39, 0.29) is 22.4 Å². The van der Waals surface area contributed by atoms with Crippen LogP contribution in [0.25, 0.3) is 11.3 Å². The molecule has 1 aliphatic rings. The van der Waals surface area contributed by atoms with Gasteiger partial charge in [-0.1, -0.05) is 30.2 Å². The number of alkyl halides is 3. The fourth-order valence-electron chi connectivity index (χ4n) is 3.32. The van der Waals surface area contributed by atoms with Gasteiger partial charge in [0, 0.05) is 5.02 Å². The lowest BCUT2D eigenvalue weighted by atomic mass is 10.1. The van der Waals surface area contributed by atoms with Crippen molar-refractivity contribution in [3.8, 4) is 17.3 Å². The summed E-state index contributed by atoms with van der Waals surface area (Å²) in [7, 11) is 0. The molecule has 0 saturated carbocycles. The van der Waals surface area contributed by atoms with Gasteiger partial charge in [-0.25, -0.2) is 0 Å². The van der Waals surface area contributed by atoms with Gasteiger partial charge in [0.25, 0.3) is 0 Å². The first kappa shape index (κ1) is 19.3. The van der Waals surface area contributed by atoms with Crippen LogP contribution >= 0.6 is 27.5 Å². The zero-order valence-corrected chi connectivity index (χ0v) is 16.1. The second kappa shape index (κ2) is 7.63. The van der Waals surface area contributed by atoms with E-state index in [1.807, 2.05) is 11.0 Å². The molecule has 1 aromatic carbocycles. The quantitative estimate of drug-likeness (QED) is 0.587. The summed E-state index contributed by atoms with van der Waals surface area (Å²) in [6, 6.07) is 8.42. The molecule has 0 atom stereocenters. The summed E-state index contributed by atoms with van der Waals surface area (Å²) < 4.78 is 42.3. The Morgan fingerprint density at radius 3 is 2.27 bits per heavy atom. The average molecular weight is 447 g/mol. The van der Waals surface area contributed by atoms with Gasteiger partial charge < -0.3 is 4.57 Å². The molecule has 0 bridgehead atoms. The Balaban J connectivity index is 2.19. The van der Waals surface area contributed by atoms with E-state index in [0.29, 0.717) is 10.6 Å². The molecular formula is C18H16BrClF3N3. The van der Waals surface area contributed by atoms with E-state index < -0.39 is 11.9 Å². The number of hydrogen-bond acceptors (Lipinski definition) is 2. The van der Waals surface area contributed by atoms with Crippen molar-refractivity contribution in [2.45, 2.75) is 32.1 Å². The van der Waals surface area contributed by atoms with Gasteiger partial charge in [0.2, 0.25) is 0 Å². The van der Waals surface area contributed by atoms with Gasteiger partial charge in [-0.2, -0.15) is 18.4 Å². The minimum Gasteiger partial charge on any atom is -0.321 e. The van der Waals surface area contributed by atoms with Crippen LogP contribution in [0.4, 0.5) is 13.2 Å². The molecule has 0 spiro atoms. The van der Waals surface area contributed by atoms with Crippen molar-refractivity contribution in [2.75, 3.05) is 13.1 Å². The monoisotopic (exact) mass is 445 g/mol. The highest BCUT2D eigenvalue weighted by Gasteiger charge is 2.41. The van der Waals surface area contributed by atoms with Crippen LogP contribution in [0.5, 0.6) is 0 Å². The highest BCUT2D eigenvalue weighted by atomic mass is 79.9. The average Bonchev–Trinajstić information content (AvgIpc) is 2.88. The maximum atomic E-state index is 13.8. The van der Waals surface area contributed by atoms with Crippen LogP contribution in [0.3, 0.4) is 0 Å². The Kier molecular flexibility index (Phi) is 5.66. The Labute approximate surface area is 163 Å². The van der Waals surface area contributed by atoms with Gasteiger partial charge in [-0.3, -0.25) is 4.90 Å². The molecule has 1 saturated heterocycles. The van der Waals surface area contributed by atoms with Crippen molar-refractivity contribution in [3.63, 3.8) is 0 Å². The third-order valence-corrected chi connectivity index (χ3v) is 5.52. The lowest BCUT2D eigenvalue weighted by molar-refractivity contribution is -0.145. The van der Waals surface area contributed by atoms with E-state index >= 15 is 0 Å². The van der Waals surface area contributed by atoms with Crippen molar-refractivity contribution >= 4 is 27.5 Å². The van der Waals surface area contributed by atoms with Crippen LogP contribution < -0.4 is 0 Å². The first-order chi connectivity index (χ1) is 12.3. The van der Waals surface area contributed by atoms with Crippen LogP contribution in [0.1, 0.15) is 30.5 Å². The zero-order valence-electron chi connectivity index (χ0n) is 13.8. The van der Waals surface area contributed by atoms with Crippen molar-refractivity contribution in [3.05, 3.63) is 45.0 Å². The summed E-state index contributed by atoms with van der Waals surface area (Å²) in [6.07, 6.45) is -1.56. The Hall–Kier alpha value is -1.49. The second-order valence-corrected chi connectivity index (χ2v) is 7.48. The molecule has 3 nitrogen and oxygen atoms in total. The summed E-state index contributed by atoms with van der Waals surface area (Å²) in [5.41, 5.74) is -0.0608. The molecule has 1 aromatic heterocycles. The third kappa shape index (κ3) is 3.78. The van der Waals surface area contributed by atoms with Crippen molar-refractivity contribution in [1.29, 1.82) is 5.26 Å². The molecule has 26 heavy (non-hydrogen) atoms.